The lowest BCUT2D eigenvalue weighted by molar-refractivity contribution is 0.0987. The molecule has 2 rings (SSSR count). The van der Waals surface area contributed by atoms with Crippen LogP contribution in [0, 0.1) is 0 Å². The monoisotopic (exact) mass is 309 g/mol. The molecule has 0 saturated carbocycles. The quantitative estimate of drug-likeness (QED) is 0.865. The highest BCUT2D eigenvalue weighted by molar-refractivity contribution is 7.92. The SMILES string of the molecule is CC(C)(C)S(=O)(=O)CCC(=O)c1cccc2c1CCNC2. The van der Waals surface area contributed by atoms with Crippen LogP contribution in [0.4, 0.5) is 0 Å². The number of carbonyl (C=O) groups excluding carboxylic acids is 1. The first kappa shape index (κ1) is 16.2. The Kier molecular flexibility index (Phi) is 4.54. The summed E-state index contributed by atoms with van der Waals surface area (Å²) in [6, 6.07) is 5.71. The molecule has 0 aromatic heterocycles. The van der Waals surface area contributed by atoms with E-state index in [1.807, 2.05) is 18.2 Å². The van der Waals surface area contributed by atoms with Crippen LogP contribution < -0.4 is 5.32 Å². The Hall–Kier alpha value is -1.20. The summed E-state index contributed by atoms with van der Waals surface area (Å²) >= 11 is 0. The molecular weight excluding hydrogens is 286 g/mol. The van der Waals surface area contributed by atoms with Crippen LogP contribution in [0.3, 0.4) is 0 Å². The van der Waals surface area contributed by atoms with E-state index in [-0.39, 0.29) is 18.0 Å². The van der Waals surface area contributed by atoms with Crippen molar-refractivity contribution in [3.8, 4) is 0 Å². The normalized spacial score (nSPS) is 15.6. The molecule has 21 heavy (non-hydrogen) atoms. The molecule has 1 aliphatic rings. The van der Waals surface area contributed by atoms with Gasteiger partial charge >= 0.3 is 0 Å². The lowest BCUT2D eigenvalue weighted by atomic mass is 9.92. The molecule has 0 bridgehead atoms. The maximum Gasteiger partial charge on any atom is 0.164 e. The maximum atomic E-state index is 12.4. The van der Waals surface area contributed by atoms with Crippen LogP contribution in [0.15, 0.2) is 18.2 Å². The van der Waals surface area contributed by atoms with Crippen molar-refractivity contribution in [2.45, 2.75) is 44.9 Å². The topological polar surface area (TPSA) is 63.2 Å². The Morgan fingerprint density at radius 1 is 1.29 bits per heavy atom. The van der Waals surface area contributed by atoms with Gasteiger partial charge in [-0.1, -0.05) is 18.2 Å². The van der Waals surface area contributed by atoms with Gasteiger partial charge in [-0.05, 0) is 44.9 Å². The molecule has 0 unspecified atom stereocenters. The van der Waals surface area contributed by atoms with Crippen LogP contribution in [0.2, 0.25) is 0 Å². The van der Waals surface area contributed by atoms with Crippen molar-refractivity contribution >= 4 is 15.6 Å². The van der Waals surface area contributed by atoms with Gasteiger partial charge in [0.15, 0.2) is 15.6 Å². The first-order valence-electron chi connectivity index (χ1n) is 7.29. The van der Waals surface area contributed by atoms with Crippen molar-refractivity contribution in [2.75, 3.05) is 12.3 Å². The van der Waals surface area contributed by atoms with Crippen LogP contribution >= 0.6 is 0 Å². The van der Waals surface area contributed by atoms with E-state index in [4.69, 9.17) is 0 Å². The lowest BCUT2D eigenvalue weighted by Gasteiger charge is -2.21. The van der Waals surface area contributed by atoms with Gasteiger partial charge in [-0.15, -0.1) is 0 Å². The first-order chi connectivity index (χ1) is 9.72. The number of sulfone groups is 1. The van der Waals surface area contributed by atoms with Gasteiger partial charge in [-0.3, -0.25) is 4.79 Å². The van der Waals surface area contributed by atoms with E-state index >= 15 is 0 Å². The summed E-state index contributed by atoms with van der Waals surface area (Å²) in [5, 5.41) is 3.28. The van der Waals surface area contributed by atoms with Gasteiger partial charge in [0.05, 0.1) is 10.5 Å². The molecule has 0 saturated heterocycles. The number of benzene rings is 1. The van der Waals surface area contributed by atoms with Crippen molar-refractivity contribution < 1.29 is 13.2 Å². The minimum absolute atomic E-state index is 0.0590. The Bertz CT molecular complexity index is 642. The van der Waals surface area contributed by atoms with Crippen LogP contribution in [-0.2, 0) is 22.8 Å². The van der Waals surface area contributed by atoms with Gasteiger partial charge in [0, 0.05) is 18.5 Å². The van der Waals surface area contributed by atoms with Gasteiger partial charge in [0.2, 0.25) is 0 Å². The highest BCUT2D eigenvalue weighted by atomic mass is 32.2. The van der Waals surface area contributed by atoms with E-state index in [0.29, 0.717) is 5.56 Å². The largest absolute Gasteiger partial charge is 0.312 e. The second kappa shape index (κ2) is 5.89. The van der Waals surface area contributed by atoms with Crippen molar-refractivity contribution in [1.82, 2.24) is 5.32 Å². The molecule has 0 spiro atoms. The maximum absolute atomic E-state index is 12.4. The average Bonchev–Trinajstić information content (AvgIpc) is 2.43. The van der Waals surface area contributed by atoms with Crippen LogP contribution in [0.5, 0.6) is 0 Å². The van der Waals surface area contributed by atoms with Crippen molar-refractivity contribution in [3.05, 3.63) is 34.9 Å². The Morgan fingerprint density at radius 3 is 2.67 bits per heavy atom. The minimum atomic E-state index is -3.26. The number of carbonyl (C=O) groups is 1. The van der Waals surface area contributed by atoms with E-state index in [0.717, 1.165) is 30.6 Å². The number of ketones is 1. The molecule has 0 radical (unpaired) electrons. The predicted molar refractivity (Wildman–Crippen MR) is 84.3 cm³/mol. The molecule has 0 atom stereocenters. The van der Waals surface area contributed by atoms with E-state index in [9.17, 15) is 13.2 Å². The summed E-state index contributed by atoms with van der Waals surface area (Å²) in [4.78, 5) is 12.4. The summed E-state index contributed by atoms with van der Waals surface area (Å²) in [7, 11) is -3.26. The fourth-order valence-corrected chi connectivity index (χ4v) is 3.53. The third kappa shape index (κ3) is 3.52. The molecule has 1 heterocycles. The molecule has 0 aliphatic carbocycles. The number of Topliss-reactive ketones (excluding diaryl/α,β-unsaturated/α-hetero) is 1. The molecule has 5 heteroatoms. The minimum Gasteiger partial charge on any atom is -0.312 e. The fourth-order valence-electron chi connectivity index (χ4n) is 2.46. The van der Waals surface area contributed by atoms with Crippen LogP contribution in [0.25, 0.3) is 0 Å². The fraction of sp³-hybridized carbons (Fsp3) is 0.562. The summed E-state index contributed by atoms with van der Waals surface area (Å²) < 4.78 is 23.4. The molecule has 1 aromatic carbocycles. The zero-order valence-corrected chi connectivity index (χ0v) is 13.7. The van der Waals surface area contributed by atoms with Crippen molar-refractivity contribution in [1.29, 1.82) is 0 Å². The highest BCUT2D eigenvalue weighted by Gasteiger charge is 2.29. The Balaban J connectivity index is 2.16. The number of rotatable bonds is 4. The number of fused-ring (bicyclic) bond motifs is 1. The van der Waals surface area contributed by atoms with E-state index in [1.54, 1.807) is 20.8 Å². The second-order valence-electron chi connectivity index (χ2n) is 6.47. The Labute approximate surface area is 126 Å². The van der Waals surface area contributed by atoms with Crippen molar-refractivity contribution in [2.24, 2.45) is 0 Å². The molecule has 0 fully saturated rings. The summed E-state index contributed by atoms with van der Waals surface area (Å²) in [6.07, 6.45) is 0.882. The van der Waals surface area contributed by atoms with Gasteiger partial charge in [0.1, 0.15) is 0 Å². The smallest absolute Gasteiger partial charge is 0.164 e. The second-order valence-corrected chi connectivity index (χ2v) is 9.34. The third-order valence-electron chi connectivity index (χ3n) is 3.97. The third-order valence-corrected chi connectivity index (χ3v) is 6.58. The standard InChI is InChI=1S/C16H23NO3S/c1-16(2,3)21(19,20)10-8-15(18)14-6-4-5-12-11-17-9-7-13(12)14/h4-6,17H,7-11H2,1-3H3. The van der Waals surface area contributed by atoms with Crippen LogP contribution in [-0.4, -0.2) is 31.2 Å². The van der Waals surface area contributed by atoms with Gasteiger partial charge < -0.3 is 5.32 Å². The molecule has 4 nitrogen and oxygen atoms in total. The van der Waals surface area contributed by atoms with Crippen LogP contribution in [0.1, 0.15) is 48.7 Å². The molecule has 0 amide bonds. The average molecular weight is 309 g/mol. The molecular formula is C16H23NO3S. The number of hydrogen-bond acceptors (Lipinski definition) is 4. The van der Waals surface area contributed by atoms with E-state index in [1.165, 1.54) is 0 Å². The predicted octanol–water partition coefficient (Wildman–Crippen LogP) is 2.12. The summed E-state index contributed by atoms with van der Waals surface area (Å²) in [5.74, 6) is -0.154. The molecule has 1 aromatic rings. The summed E-state index contributed by atoms with van der Waals surface area (Å²) in [5.41, 5.74) is 2.92. The van der Waals surface area contributed by atoms with E-state index in [2.05, 4.69) is 5.32 Å². The molecule has 1 N–H and O–H groups in total. The lowest BCUT2D eigenvalue weighted by Crippen LogP contribution is -2.31. The molecule has 1 aliphatic heterocycles. The number of hydrogen-bond donors (Lipinski definition) is 1. The zero-order chi connectivity index (χ0) is 15.7. The van der Waals surface area contributed by atoms with Crippen molar-refractivity contribution in [3.63, 3.8) is 0 Å². The van der Waals surface area contributed by atoms with Gasteiger partial charge in [-0.2, -0.15) is 0 Å². The number of nitrogens with one attached hydrogen (secondary N) is 1. The summed E-state index contributed by atoms with van der Waals surface area (Å²) in [6.45, 7) is 6.64. The highest BCUT2D eigenvalue weighted by Crippen LogP contribution is 2.22. The first-order valence-corrected chi connectivity index (χ1v) is 8.94. The molecule has 116 valence electrons. The van der Waals surface area contributed by atoms with E-state index < -0.39 is 14.6 Å². The van der Waals surface area contributed by atoms with Gasteiger partial charge in [0.25, 0.3) is 0 Å². The Morgan fingerprint density at radius 2 is 2.00 bits per heavy atom. The van der Waals surface area contributed by atoms with Gasteiger partial charge in [-0.25, -0.2) is 8.42 Å². The zero-order valence-electron chi connectivity index (χ0n) is 12.9.